The van der Waals surface area contributed by atoms with E-state index in [0.29, 0.717) is 18.7 Å². The van der Waals surface area contributed by atoms with Crippen LogP contribution in [0.3, 0.4) is 0 Å². The summed E-state index contributed by atoms with van der Waals surface area (Å²) in [6.45, 7) is 12.1. The zero-order valence-electron chi connectivity index (χ0n) is 17.3. The minimum absolute atomic E-state index is 0.190. The molecule has 1 saturated heterocycles. The first kappa shape index (κ1) is 21.7. The lowest BCUT2D eigenvalue weighted by Gasteiger charge is -2.33. The van der Waals surface area contributed by atoms with Gasteiger partial charge in [0.1, 0.15) is 6.61 Å². The number of nitrogens with one attached hydrogen (secondary N) is 1. The van der Waals surface area contributed by atoms with E-state index in [1.54, 1.807) is 0 Å². The van der Waals surface area contributed by atoms with Crippen molar-refractivity contribution in [3.63, 3.8) is 0 Å². The van der Waals surface area contributed by atoms with E-state index in [4.69, 9.17) is 4.74 Å². The van der Waals surface area contributed by atoms with Crippen molar-refractivity contribution in [3.8, 4) is 0 Å². The molecule has 1 aliphatic heterocycles. The van der Waals surface area contributed by atoms with Gasteiger partial charge in [0, 0.05) is 25.2 Å². The van der Waals surface area contributed by atoms with Crippen LogP contribution < -0.4 is 5.32 Å². The maximum atomic E-state index is 12.2. The number of rotatable bonds is 10. The van der Waals surface area contributed by atoms with Gasteiger partial charge >= 0.3 is 6.09 Å². The molecule has 2 rings (SSSR count). The zero-order chi connectivity index (χ0) is 19.5. The number of carbonyl (C=O) groups excluding carboxylic acids is 1. The number of ether oxygens (including phenoxy) is 1. The molecule has 0 bridgehead atoms. The summed E-state index contributed by atoms with van der Waals surface area (Å²) >= 11 is 0. The number of carbonyl (C=O) groups is 1. The van der Waals surface area contributed by atoms with Gasteiger partial charge in [0.25, 0.3) is 0 Å². The number of benzene rings is 1. The van der Waals surface area contributed by atoms with Gasteiger partial charge in [0.2, 0.25) is 0 Å². The van der Waals surface area contributed by atoms with E-state index in [0.717, 1.165) is 44.6 Å². The molecule has 0 aliphatic carbocycles. The molecule has 1 amide bonds. The lowest BCUT2D eigenvalue weighted by Crippen LogP contribution is -2.47. The van der Waals surface area contributed by atoms with Crippen LogP contribution in [0.5, 0.6) is 0 Å². The van der Waals surface area contributed by atoms with Crippen LogP contribution in [-0.2, 0) is 11.3 Å². The lowest BCUT2D eigenvalue weighted by atomic mass is 10.0. The van der Waals surface area contributed by atoms with Crippen molar-refractivity contribution in [3.05, 3.63) is 35.9 Å². The van der Waals surface area contributed by atoms with Crippen molar-refractivity contribution in [1.82, 2.24) is 15.1 Å². The van der Waals surface area contributed by atoms with Crippen LogP contribution in [0.4, 0.5) is 4.79 Å². The molecule has 1 aromatic rings. The summed E-state index contributed by atoms with van der Waals surface area (Å²) in [7, 11) is 0. The van der Waals surface area contributed by atoms with E-state index in [-0.39, 0.29) is 6.09 Å². The van der Waals surface area contributed by atoms with Crippen molar-refractivity contribution in [1.29, 1.82) is 0 Å². The average molecular weight is 376 g/mol. The Balaban J connectivity index is 1.60. The van der Waals surface area contributed by atoms with Crippen molar-refractivity contribution in [2.75, 3.05) is 32.7 Å². The predicted octanol–water partition coefficient (Wildman–Crippen LogP) is 3.89. The molecule has 0 spiro atoms. The molecule has 1 N–H and O–H groups in total. The maximum Gasteiger partial charge on any atom is 0.410 e. The Morgan fingerprint density at radius 1 is 1.22 bits per heavy atom. The molecule has 1 heterocycles. The van der Waals surface area contributed by atoms with Gasteiger partial charge in [-0.1, -0.05) is 44.2 Å². The molecular formula is C22H37N3O2. The largest absolute Gasteiger partial charge is 0.445 e. The third-order valence-corrected chi connectivity index (χ3v) is 5.48. The molecule has 1 aromatic carbocycles. The van der Waals surface area contributed by atoms with Crippen molar-refractivity contribution >= 4 is 6.09 Å². The number of hydrogen-bond donors (Lipinski definition) is 1. The number of likely N-dealkylation sites (tertiary alicyclic amines) is 1. The van der Waals surface area contributed by atoms with Crippen LogP contribution >= 0.6 is 0 Å². The first-order valence-electron chi connectivity index (χ1n) is 10.6. The highest BCUT2D eigenvalue weighted by atomic mass is 16.6. The second-order valence-electron chi connectivity index (χ2n) is 7.54. The number of piperidine rings is 1. The van der Waals surface area contributed by atoms with Crippen LogP contribution in [0, 0.1) is 0 Å². The topological polar surface area (TPSA) is 44.8 Å². The van der Waals surface area contributed by atoms with Gasteiger partial charge < -0.3 is 19.9 Å². The van der Waals surface area contributed by atoms with Crippen LogP contribution in [0.15, 0.2) is 30.3 Å². The molecule has 152 valence electrons. The van der Waals surface area contributed by atoms with Gasteiger partial charge in [-0.3, -0.25) is 0 Å². The number of amides is 1. The van der Waals surface area contributed by atoms with E-state index in [2.05, 4.69) is 31.0 Å². The Kier molecular flexibility index (Phi) is 9.64. The lowest BCUT2D eigenvalue weighted by molar-refractivity contribution is 0.0845. The van der Waals surface area contributed by atoms with E-state index < -0.39 is 0 Å². The normalized spacial score (nSPS) is 16.5. The fourth-order valence-corrected chi connectivity index (χ4v) is 3.69. The Hall–Kier alpha value is -1.59. The van der Waals surface area contributed by atoms with Gasteiger partial charge in [-0.05, 0) is 57.8 Å². The van der Waals surface area contributed by atoms with Crippen molar-refractivity contribution in [2.45, 2.75) is 65.1 Å². The van der Waals surface area contributed by atoms with Crippen LogP contribution in [-0.4, -0.2) is 60.7 Å². The Morgan fingerprint density at radius 2 is 1.89 bits per heavy atom. The highest BCUT2D eigenvalue weighted by Crippen LogP contribution is 2.14. The number of nitrogens with zero attached hydrogens (tertiary/aromatic N) is 2. The van der Waals surface area contributed by atoms with E-state index in [9.17, 15) is 4.79 Å². The van der Waals surface area contributed by atoms with E-state index in [1.807, 2.05) is 35.2 Å². The van der Waals surface area contributed by atoms with Gasteiger partial charge in [0.15, 0.2) is 0 Å². The molecular weight excluding hydrogens is 338 g/mol. The number of hydrogen-bond acceptors (Lipinski definition) is 4. The van der Waals surface area contributed by atoms with Crippen LogP contribution in [0.25, 0.3) is 0 Å². The van der Waals surface area contributed by atoms with Crippen LogP contribution in [0.1, 0.15) is 52.0 Å². The summed E-state index contributed by atoms with van der Waals surface area (Å²) in [6.07, 6.45) is 4.25. The average Bonchev–Trinajstić information content (AvgIpc) is 2.71. The minimum atomic E-state index is -0.190. The molecule has 0 saturated carbocycles. The first-order valence-corrected chi connectivity index (χ1v) is 10.6. The third-order valence-electron chi connectivity index (χ3n) is 5.48. The molecule has 1 aliphatic rings. The molecule has 0 radical (unpaired) electrons. The van der Waals surface area contributed by atoms with Crippen molar-refractivity contribution in [2.24, 2.45) is 0 Å². The quantitative estimate of drug-likeness (QED) is 0.674. The van der Waals surface area contributed by atoms with Gasteiger partial charge in [0.05, 0.1) is 0 Å². The summed E-state index contributed by atoms with van der Waals surface area (Å²) in [6, 6.07) is 10.9. The first-order chi connectivity index (χ1) is 13.1. The fourth-order valence-electron chi connectivity index (χ4n) is 3.69. The zero-order valence-corrected chi connectivity index (χ0v) is 17.3. The fraction of sp³-hybridized carbons (Fsp3) is 0.682. The molecule has 27 heavy (non-hydrogen) atoms. The highest BCUT2D eigenvalue weighted by Gasteiger charge is 2.24. The summed E-state index contributed by atoms with van der Waals surface area (Å²) in [5.74, 6) is 0. The smallest absolute Gasteiger partial charge is 0.410 e. The van der Waals surface area contributed by atoms with E-state index >= 15 is 0 Å². The minimum Gasteiger partial charge on any atom is -0.445 e. The standard InChI is InChI=1S/C22H37N3O2/c1-4-24(5-2)15-9-10-19(3)23-21-13-16-25(17-14-21)22(26)27-18-20-11-7-6-8-12-20/h6-8,11-12,19,21,23H,4-5,9-10,13-18H2,1-3H3. The van der Waals surface area contributed by atoms with Crippen LogP contribution in [0.2, 0.25) is 0 Å². The predicted molar refractivity (Wildman–Crippen MR) is 111 cm³/mol. The monoisotopic (exact) mass is 375 g/mol. The van der Waals surface area contributed by atoms with E-state index in [1.165, 1.54) is 19.4 Å². The maximum absolute atomic E-state index is 12.2. The third kappa shape index (κ3) is 7.89. The molecule has 0 aromatic heterocycles. The molecule has 1 atom stereocenters. The summed E-state index contributed by atoms with van der Waals surface area (Å²) in [5.41, 5.74) is 1.03. The molecule has 5 nitrogen and oxygen atoms in total. The molecule has 1 unspecified atom stereocenters. The molecule has 5 heteroatoms. The van der Waals surface area contributed by atoms with Gasteiger partial charge in [-0.2, -0.15) is 0 Å². The van der Waals surface area contributed by atoms with Crippen molar-refractivity contribution < 1.29 is 9.53 Å². The Labute approximate surface area is 165 Å². The SMILES string of the molecule is CCN(CC)CCCC(C)NC1CCN(C(=O)OCc2ccccc2)CC1. The summed E-state index contributed by atoms with van der Waals surface area (Å²) in [5, 5.41) is 3.75. The van der Waals surface area contributed by atoms with Gasteiger partial charge in [-0.25, -0.2) is 4.79 Å². The Bertz CT molecular complexity index is 526. The highest BCUT2D eigenvalue weighted by molar-refractivity contribution is 5.67. The summed E-state index contributed by atoms with van der Waals surface area (Å²) in [4.78, 5) is 16.6. The second-order valence-corrected chi connectivity index (χ2v) is 7.54. The van der Waals surface area contributed by atoms with Gasteiger partial charge in [-0.15, -0.1) is 0 Å². The molecule has 1 fully saturated rings. The second kappa shape index (κ2) is 12.0. The summed E-state index contributed by atoms with van der Waals surface area (Å²) < 4.78 is 5.44. The Morgan fingerprint density at radius 3 is 2.52 bits per heavy atom.